The number of para-hydroxylation sites is 2. The number of esters is 2. The van der Waals surface area contributed by atoms with Crippen LogP contribution in [0, 0.1) is 0 Å². The molecule has 0 aliphatic rings. The van der Waals surface area contributed by atoms with Crippen molar-refractivity contribution in [3.63, 3.8) is 0 Å². The van der Waals surface area contributed by atoms with E-state index in [1.165, 1.54) is 45.8 Å². The third-order valence-corrected chi connectivity index (χ3v) is 7.83. The number of ether oxygens (including phenoxy) is 2. The van der Waals surface area contributed by atoms with Gasteiger partial charge in [0.05, 0.1) is 32.5 Å². The van der Waals surface area contributed by atoms with Gasteiger partial charge in [-0.1, -0.05) is 93.2 Å². The minimum absolute atomic E-state index is 0.134. The van der Waals surface area contributed by atoms with Gasteiger partial charge in [-0.3, -0.25) is 0 Å². The highest BCUT2D eigenvalue weighted by Crippen LogP contribution is 2.30. The molecular weight excluding hydrogens is 674 g/mol. The van der Waals surface area contributed by atoms with Crippen LogP contribution in [0.15, 0.2) is 97.1 Å². The van der Waals surface area contributed by atoms with E-state index in [2.05, 4.69) is 20.6 Å². The first-order valence-corrected chi connectivity index (χ1v) is 15.1. The first-order valence-electron chi connectivity index (χ1n) is 13.5. The number of hydrogen-bond acceptors (Lipinski definition) is 8. The lowest BCUT2D eigenvalue weighted by Crippen LogP contribution is -2.12. The quantitative estimate of drug-likeness (QED) is 0.141. The molecule has 0 radical (unpaired) electrons. The van der Waals surface area contributed by atoms with Gasteiger partial charge in [-0.05, 0) is 60.7 Å². The van der Waals surface area contributed by atoms with Crippen LogP contribution in [0.2, 0.25) is 20.1 Å². The maximum Gasteiger partial charge on any atom is 0.340 e. The molecule has 4 aromatic carbocycles. The topological polar surface area (TPSA) is 114 Å². The van der Waals surface area contributed by atoms with Crippen LogP contribution in [0.4, 0.5) is 0 Å². The van der Waals surface area contributed by atoms with Crippen molar-refractivity contribution in [2.45, 2.75) is 13.2 Å². The molecule has 10 nitrogen and oxygen atoms in total. The number of carbonyl (C=O) groups excluding carboxylic acids is 2. The van der Waals surface area contributed by atoms with E-state index in [0.717, 1.165) is 0 Å². The first kappa shape index (κ1) is 31.3. The summed E-state index contributed by atoms with van der Waals surface area (Å²) in [6, 6.07) is 27.3. The van der Waals surface area contributed by atoms with E-state index in [-0.39, 0.29) is 45.8 Å². The molecule has 46 heavy (non-hydrogen) atoms. The van der Waals surface area contributed by atoms with Gasteiger partial charge in [0.1, 0.15) is 36.0 Å². The van der Waals surface area contributed by atoms with E-state index in [1.54, 1.807) is 0 Å². The number of carbonyl (C=O) groups is 2. The van der Waals surface area contributed by atoms with Crippen LogP contribution < -0.4 is 0 Å². The third kappa shape index (κ3) is 6.61. The molecule has 2 heterocycles. The molecule has 0 unspecified atom stereocenters. The van der Waals surface area contributed by atoms with Gasteiger partial charge in [0, 0.05) is 10.0 Å². The highest BCUT2D eigenvalue weighted by Gasteiger charge is 2.27. The molecule has 6 aromatic rings. The van der Waals surface area contributed by atoms with Crippen molar-refractivity contribution in [1.82, 2.24) is 30.0 Å². The minimum Gasteiger partial charge on any atom is -0.455 e. The number of aromatic nitrogens is 6. The summed E-state index contributed by atoms with van der Waals surface area (Å²) in [6.45, 7) is -0.542. The Labute approximate surface area is 282 Å². The highest BCUT2D eigenvalue weighted by molar-refractivity contribution is 6.37. The number of hydrogen-bond donors (Lipinski definition) is 0. The van der Waals surface area contributed by atoms with E-state index in [0.29, 0.717) is 32.8 Å². The molecule has 0 amide bonds. The summed E-state index contributed by atoms with van der Waals surface area (Å²) < 4.78 is 14.4. The third-order valence-electron chi connectivity index (χ3n) is 6.73. The summed E-state index contributed by atoms with van der Waals surface area (Å²) in [7, 11) is 0. The van der Waals surface area contributed by atoms with Crippen molar-refractivity contribution in [1.29, 1.82) is 0 Å². The molecule has 230 valence electrons. The lowest BCUT2D eigenvalue weighted by Gasteiger charge is -2.11. The Bertz CT molecular complexity index is 1900. The molecule has 0 aliphatic heterocycles. The van der Waals surface area contributed by atoms with Crippen molar-refractivity contribution < 1.29 is 19.1 Å². The van der Waals surface area contributed by atoms with Gasteiger partial charge >= 0.3 is 11.9 Å². The summed E-state index contributed by atoms with van der Waals surface area (Å²) in [5.74, 6) is -1.37. The van der Waals surface area contributed by atoms with Gasteiger partial charge in [-0.2, -0.15) is 0 Å². The van der Waals surface area contributed by atoms with Gasteiger partial charge in [-0.25, -0.2) is 19.0 Å². The Morgan fingerprint density at radius 3 is 1.33 bits per heavy atom. The molecule has 0 aliphatic carbocycles. The van der Waals surface area contributed by atoms with Gasteiger partial charge in [0.2, 0.25) is 0 Å². The number of nitrogens with zero attached hydrogens (tertiary/aromatic N) is 6. The van der Waals surface area contributed by atoms with E-state index in [4.69, 9.17) is 55.9 Å². The van der Waals surface area contributed by atoms with Crippen molar-refractivity contribution in [3.8, 4) is 22.8 Å². The second-order valence-corrected chi connectivity index (χ2v) is 11.4. The summed E-state index contributed by atoms with van der Waals surface area (Å²) >= 11 is 24.5. The maximum absolute atomic E-state index is 13.1. The minimum atomic E-state index is -0.685. The fourth-order valence-electron chi connectivity index (χ4n) is 4.52. The second-order valence-electron chi connectivity index (χ2n) is 9.66. The van der Waals surface area contributed by atoms with Gasteiger partial charge < -0.3 is 9.47 Å². The van der Waals surface area contributed by atoms with Crippen molar-refractivity contribution >= 4 is 58.3 Å². The fraction of sp³-hybridized carbons (Fsp3) is 0.0625. The van der Waals surface area contributed by atoms with E-state index in [9.17, 15) is 9.59 Å². The molecule has 6 rings (SSSR count). The second kappa shape index (κ2) is 13.7. The summed E-state index contributed by atoms with van der Waals surface area (Å²) in [6.07, 6.45) is 0. The van der Waals surface area contributed by atoms with E-state index in [1.807, 2.05) is 60.7 Å². The molecule has 0 spiro atoms. The first-order chi connectivity index (χ1) is 22.3. The Morgan fingerprint density at radius 2 is 0.957 bits per heavy atom. The Kier molecular flexibility index (Phi) is 9.32. The van der Waals surface area contributed by atoms with Crippen LogP contribution >= 0.6 is 46.4 Å². The zero-order valence-corrected chi connectivity index (χ0v) is 26.5. The average molecular weight is 694 g/mol. The Morgan fingerprint density at radius 1 is 0.565 bits per heavy atom. The van der Waals surface area contributed by atoms with Crippen LogP contribution in [0.3, 0.4) is 0 Å². The number of rotatable bonds is 9. The van der Waals surface area contributed by atoms with Crippen LogP contribution in [-0.2, 0) is 22.7 Å². The average Bonchev–Trinajstić information content (AvgIpc) is 3.67. The summed E-state index contributed by atoms with van der Waals surface area (Å²) in [5.41, 5.74) is 2.81. The van der Waals surface area contributed by atoms with Crippen LogP contribution in [0.5, 0.6) is 0 Å². The monoisotopic (exact) mass is 692 g/mol. The normalized spacial score (nSPS) is 11.0. The highest BCUT2D eigenvalue weighted by atomic mass is 35.5. The predicted molar refractivity (Wildman–Crippen MR) is 173 cm³/mol. The summed E-state index contributed by atoms with van der Waals surface area (Å²) in [4.78, 5) is 26.2. The molecular formula is C32H20Cl4N6O4. The molecule has 0 N–H and O–H groups in total. The predicted octanol–water partition coefficient (Wildman–Crippen LogP) is 7.84. The standard InChI is InChI=1S/C32H20Cl4N6O4/c33-19-11-13-23(25(35)15-19)31(43)45-17-27-29(37-39-41(27)21-7-3-1-4-8-21)30-28(42(40-38-30)22-9-5-2-6-10-22)18-46-32(44)24-14-12-20(34)16-26(24)36/h1-16H,17-18H2. The molecule has 0 atom stereocenters. The fourth-order valence-corrected chi connectivity index (χ4v) is 5.49. The van der Waals surface area contributed by atoms with Crippen LogP contribution in [0.25, 0.3) is 22.8 Å². The van der Waals surface area contributed by atoms with Crippen LogP contribution in [0.1, 0.15) is 32.1 Å². The molecule has 0 fully saturated rings. The van der Waals surface area contributed by atoms with E-state index < -0.39 is 11.9 Å². The van der Waals surface area contributed by atoms with Gasteiger partial charge in [0.15, 0.2) is 0 Å². The maximum atomic E-state index is 13.1. The van der Waals surface area contributed by atoms with Gasteiger partial charge in [0.25, 0.3) is 0 Å². The molecule has 14 heteroatoms. The largest absolute Gasteiger partial charge is 0.455 e. The summed E-state index contributed by atoms with van der Waals surface area (Å²) in [5, 5.41) is 18.5. The molecule has 2 aromatic heterocycles. The number of benzene rings is 4. The Balaban J connectivity index is 1.40. The Hall–Kier alpha value is -4.74. The molecule has 0 saturated carbocycles. The lowest BCUT2D eigenvalue weighted by molar-refractivity contribution is 0.0455. The van der Waals surface area contributed by atoms with Crippen molar-refractivity contribution in [2.75, 3.05) is 0 Å². The van der Waals surface area contributed by atoms with E-state index >= 15 is 0 Å². The zero-order chi connectivity index (χ0) is 32.2. The SMILES string of the molecule is O=C(OCc1c(-c2nnn(-c3ccccc3)c2COC(=O)c2ccc(Cl)cc2Cl)nnn1-c1ccccc1)c1ccc(Cl)cc1Cl. The smallest absolute Gasteiger partial charge is 0.340 e. The molecule has 0 saturated heterocycles. The van der Waals surface area contributed by atoms with Crippen LogP contribution in [-0.4, -0.2) is 41.9 Å². The lowest BCUT2D eigenvalue weighted by atomic mass is 10.2. The number of halogens is 4. The van der Waals surface area contributed by atoms with Crippen molar-refractivity contribution in [3.05, 3.63) is 140 Å². The zero-order valence-electron chi connectivity index (χ0n) is 23.5. The van der Waals surface area contributed by atoms with Gasteiger partial charge in [-0.15, -0.1) is 10.2 Å². The molecule has 0 bridgehead atoms. The van der Waals surface area contributed by atoms with Crippen molar-refractivity contribution in [2.24, 2.45) is 0 Å².